The molecule has 1 saturated heterocycles. The van der Waals surface area contributed by atoms with Gasteiger partial charge in [-0.25, -0.2) is 0 Å². The molecule has 0 spiro atoms. The lowest BCUT2D eigenvalue weighted by Crippen LogP contribution is -2.43. The highest BCUT2D eigenvalue weighted by Crippen LogP contribution is 2.33. The lowest BCUT2D eigenvalue weighted by atomic mass is 10.1. The smallest absolute Gasteiger partial charge is 0.271 e. The van der Waals surface area contributed by atoms with E-state index >= 15 is 0 Å². The van der Waals surface area contributed by atoms with Crippen LogP contribution >= 0.6 is 11.6 Å². The maximum atomic E-state index is 12.1. The maximum Gasteiger partial charge on any atom is 0.271 e. The molecule has 2 rings (SSSR count). The average Bonchev–Trinajstić information content (AvgIpc) is 2.74. The van der Waals surface area contributed by atoms with Gasteiger partial charge < -0.3 is 10.2 Å². The van der Waals surface area contributed by atoms with Gasteiger partial charge in [0.1, 0.15) is 0 Å². The molecule has 1 aliphatic rings. The molecule has 0 saturated carbocycles. The van der Waals surface area contributed by atoms with Crippen molar-refractivity contribution in [3.05, 3.63) is 32.8 Å². The molecule has 0 radical (unpaired) electrons. The van der Waals surface area contributed by atoms with Crippen LogP contribution in [0.2, 0.25) is 5.02 Å². The van der Waals surface area contributed by atoms with Crippen LogP contribution in [0.3, 0.4) is 0 Å². The topological polar surface area (TPSA) is 75.5 Å². The Bertz CT molecular complexity index is 602. The summed E-state index contributed by atoms with van der Waals surface area (Å²) in [7, 11) is 0. The number of carbonyl (C=O) groups excluding carboxylic acids is 1. The standard InChI is InChI=1S/C15H20ClN3O3/c1-9-5-11(19(21)22)7-12(16)14(9)17-10-6-13(20)18(8-10)15(2,3)4/h5,7,10,17H,6,8H2,1-4H3. The van der Waals surface area contributed by atoms with Gasteiger partial charge in [0.2, 0.25) is 5.91 Å². The number of amides is 1. The SMILES string of the molecule is Cc1cc([N+](=O)[O-])cc(Cl)c1NC1CC(=O)N(C(C)(C)C)C1. The third kappa shape index (κ3) is 3.32. The van der Waals surface area contributed by atoms with Crippen molar-refractivity contribution in [3.8, 4) is 0 Å². The quantitative estimate of drug-likeness (QED) is 0.683. The molecular weight excluding hydrogens is 306 g/mol. The zero-order valence-corrected chi connectivity index (χ0v) is 13.9. The maximum absolute atomic E-state index is 12.1. The van der Waals surface area contributed by atoms with E-state index in [9.17, 15) is 14.9 Å². The first-order chi connectivity index (χ1) is 10.1. The zero-order valence-electron chi connectivity index (χ0n) is 13.1. The first-order valence-electron chi connectivity index (χ1n) is 7.11. The fraction of sp³-hybridized carbons (Fsp3) is 0.533. The van der Waals surface area contributed by atoms with Crippen molar-refractivity contribution in [2.75, 3.05) is 11.9 Å². The van der Waals surface area contributed by atoms with Crippen LogP contribution in [0.5, 0.6) is 0 Å². The molecule has 1 aromatic rings. The summed E-state index contributed by atoms with van der Waals surface area (Å²) in [6.07, 6.45) is 0.393. The predicted octanol–water partition coefficient (Wildman–Crippen LogP) is 3.37. The van der Waals surface area contributed by atoms with Crippen LogP contribution in [0.15, 0.2) is 12.1 Å². The van der Waals surface area contributed by atoms with E-state index in [1.807, 2.05) is 25.7 Å². The Hall–Kier alpha value is -1.82. The van der Waals surface area contributed by atoms with E-state index in [1.165, 1.54) is 12.1 Å². The van der Waals surface area contributed by atoms with E-state index in [1.54, 1.807) is 6.92 Å². The van der Waals surface area contributed by atoms with Crippen LogP contribution in [0.4, 0.5) is 11.4 Å². The number of nitrogens with zero attached hydrogens (tertiary/aromatic N) is 2. The molecule has 0 aromatic heterocycles. The Morgan fingerprint density at radius 1 is 1.41 bits per heavy atom. The van der Waals surface area contributed by atoms with Gasteiger partial charge in [0, 0.05) is 30.6 Å². The van der Waals surface area contributed by atoms with Gasteiger partial charge in [-0.2, -0.15) is 0 Å². The Kier molecular flexibility index (Phi) is 4.33. The van der Waals surface area contributed by atoms with Crippen LogP contribution in [-0.4, -0.2) is 33.9 Å². The van der Waals surface area contributed by atoms with E-state index in [0.29, 0.717) is 29.2 Å². The van der Waals surface area contributed by atoms with Crippen LogP contribution in [0.1, 0.15) is 32.8 Å². The third-order valence-electron chi connectivity index (χ3n) is 3.77. The molecule has 1 aromatic carbocycles. The molecule has 1 heterocycles. The molecule has 1 amide bonds. The normalized spacial score (nSPS) is 18.7. The number of nitro benzene ring substituents is 1. The first kappa shape index (κ1) is 16.5. The Balaban J connectivity index is 2.19. The molecule has 120 valence electrons. The number of nitrogens with one attached hydrogen (secondary N) is 1. The van der Waals surface area contributed by atoms with Crippen molar-refractivity contribution in [2.24, 2.45) is 0 Å². The second kappa shape index (κ2) is 5.76. The highest BCUT2D eigenvalue weighted by Gasteiger charge is 2.36. The van der Waals surface area contributed by atoms with Crippen molar-refractivity contribution >= 4 is 28.9 Å². The molecule has 0 aliphatic carbocycles. The van der Waals surface area contributed by atoms with Crippen molar-refractivity contribution in [1.29, 1.82) is 0 Å². The van der Waals surface area contributed by atoms with Gasteiger partial charge in [0.25, 0.3) is 5.69 Å². The monoisotopic (exact) mass is 325 g/mol. The van der Waals surface area contributed by atoms with Crippen LogP contribution in [0, 0.1) is 17.0 Å². The van der Waals surface area contributed by atoms with Gasteiger partial charge in [-0.3, -0.25) is 14.9 Å². The van der Waals surface area contributed by atoms with Gasteiger partial charge in [0.05, 0.1) is 21.7 Å². The van der Waals surface area contributed by atoms with Crippen molar-refractivity contribution in [2.45, 2.75) is 45.7 Å². The minimum Gasteiger partial charge on any atom is -0.379 e. The van der Waals surface area contributed by atoms with Crippen molar-refractivity contribution in [1.82, 2.24) is 4.90 Å². The minimum absolute atomic E-state index is 0.0353. The summed E-state index contributed by atoms with van der Waals surface area (Å²) in [6, 6.07) is 2.76. The molecule has 1 aliphatic heterocycles. The fourth-order valence-corrected chi connectivity index (χ4v) is 2.99. The Morgan fingerprint density at radius 2 is 2.05 bits per heavy atom. The highest BCUT2D eigenvalue weighted by molar-refractivity contribution is 6.33. The number of benzene rings is 1. The number of anilines is 1. The summed E-state index contributed by atoms with van der Waals surface area (Å²) < 4.78 is 0. The largest absolute Gasteiger partial charge is 0.379 e. The van der Waals surface area contributed by atoms with Crippen LogP contribution < -0.4 is 5.32 Å². The molecule has 22 heavy (non-hydrogen) atoms. The lowest BCUT2D eigenvalue weighted by molar-refractivity contribution is -0.384. The summed E-state index contributed by atoms with van der Waals surface area (Å²) in [4.78, 5) is 24.3. The zero-order chi connectivity index (χ0) is 16.7. The van der Waals surface area contributed by atoms with Crippen molar-refractivity contribution < 1.29 is 9.72 Å². The number of halogens is 1. The number of carbonyl (C=O) groups is 1. The van der Waals surface area contributed by atoms with Gasteiger partial charge in [-0.05, 0) is 33.3 Å². The summed E-state index contributed by atoms with van der Waals surface area (Å²) in [5, 5.41) is 14.4. The Labute approximate surface area is 134 Å². The molecule has 1 N–H and O–H groups in total. The lowest BCUT2D eigenvalue weighted by Gasteiger charge is -2.32. The number of hydrogen-bond acceptors (Lipinski definition) is 4. The highest BCUT2D eigenvalue weighted by atomic mass is 35.5. The molecule has 0 bridgehead atoms. The van der Waals surface area contributed by atoms with Gasteiger partial charge in [-0.15, -0.1) is 0 Å². The van der Waals surface area contributed by atoms with Gasteiger partial charge in [-0.1, -0.05) is 11.6 Å². The fourth-order valence-electron chi connectivity index (χ4n) is 2.67. The summed E-state index contributed by atoms with van der Waals surface area (Å²) >= 11 is 6.15. The van der Waals surface area contributed by atoms with Crippen LogP contribution in [-0.2, 0) is 4.79 Å². The van der Waals surface area contributed by atoms with E-state index in [4.69, 9.17) is 11.6 Å². The number of likely N-dealkylation sites (tertiary alicyclic amines) is 1. The number of non-ortho nitro benzene ring substituents is 1. The van der Waals surface area contributed by atoms with E-state index < -0.39 is 4.92 Å². The molecule has 6 nitrogen and oxygen atoms in total. The molecule has 1 unspecified atom stereocenters. The third-order valence-corrected chi connectivity index (χ3v) is 4.06. The second-order valence-corrected chi connectivity index (χ2v) is 7.00. The van der Waals surface area contributed by atoms with E-state index in [-0.39, 0.29) is 23.2 Å². The predicted molar refractivity (Wildman–Crippen MR) is 86.3 cm³/mol. The van der Waals surface area contributed by atoms with Crippen LogP contribution in [0.25, 0.3) is 0 Å². The number of nitro groups is 1. The second-order valence-electron chi connectivity index (χ2n) is 6.60. The number of aryl methyl sites for hydroxylation is 1. The molecule has 7 heteroatoms. The van der Waals surface area contributed by atoms with Gasteiger partial charge in [0.15, 0.2) is 0 Å². The average molecular weight is 326 g/mol. The van der Waals surface area contributed by atoms with Crippen molar-refractivity contribution in [3.63, 3.8) is 0 Å². The summed E-state index contributed by atoms with van der Waals surface area (Å²) in [6.45, 7) is 8.35. The Morgan fingerprint density at radius 3 is 2.50 bits per heavy atom. The number of hydrogen-bond donors (Lipinski definition) is 1. The minimum atomic E-state index is -0.469. The van der Waals surface area contributed by atoms with E-state index in [2.05, 4.69) is 5.32 Å². The van der Waals surface area contributed by atoms with Gasteiger partial charge >= 0.3 is 0 Å². The van der Waals surface area contributed by atoms with E-state index in [0.717, 1.165) is 0 Å². The molecule has 1 fully saturated rings. The molecule has 1 atom stereocenters. The first-order valence-corrected chi connectivity index (χ1v) is 7.49. The summed E-state index contributed by atoms with van der Waals surface area (Å²) in [5.41, 5.74) is 1.09. The molecular formula is C15H20ClN3O3. The number of rotatable bonds is 3. The summed E-state index contributed by atoms with van der Waals surface area (Å²) in [5.74, 6) is 0.0979.